The van der Waals surface area contributed by atoms with Gasteiger partial charge in [-0.05, 0) is 48.0 Å². The molecule has 0 atom stereocenters. The van der Waals surface area contributed by atoms with Crippen LogP contribution in [0.25, 0.3) is 11.0 Å². The number of methoxy groups -OCH3 is 1. The zero-order chi connectivity index (χ0) is 32.9. The number of amides is 2. The number of benzene rings is 3. The van der Waals surface area contributed by atoms with E-state index in [0.29, 0.717) is 11.1 Å². The maximum atomic E-state index is 13.7. The van der Waals surface area contributed by atoms with Crippen molar-refractivity contribution in [2.75, 3.05) is 26.8 Å². The number of hydrogen-bond acceptors (Lipinski definition) is 5. The smallest absolute Gasteiger partial charge is 0.416 e. The van der Waals surface area contributed by atoms with Crippen LogP contribution in [0.5, 0.6) is 0 Å². The van der Waals surface area contributed by atoms with Crippen molar-refractivity contribution in [3.05, 3.63) is 117 Å². The van der Waals surface area contributed by atoms with Crippen molar-refractivity contribution in [2.24, 2.45) is 0 Å². The molecule has 0 radical (unpaired) electrons. The molecule has 2 amide bonds. The van der Waals surface area contributed by atoms with E-state index in [2.05, 4.69) is 0 Å². The third kappa shape index (κ3) is 8.26. The second-order valence-corrected chi connectivity index (χ2v) is 9.98. The minimum absolute atomic E-state index is 0.0478. The molecule has 238 valence electrons. The van der Waals surface area contributed by atoms with Gasteiger partial charge in [-0.25, -0.2) is 4.39 Å². The lowest BCUT2D eigenvalue weighted by molar-refractivity contribution is -0.143. The van der Waals surface area contributed by atoms with Crippen LogP contribution in [0.4, 0.5) is 30.7 Å². The molecular weight excluding hydrogens is 613 g/mol. The number of para-hydroxylation sites is 1. The number of alkyl halides is 6. The number of halogens is 7. The normalized spacial score (nSPS) is 11.9. The van der Waals surface area contributed by atoms with Gasteiger partial charge < -0.3 is 19.0 Å². The lowest BCUT2D eigenvalue weighted by Crippen LogP contribution is -2.44. The van der Waals surface area contributed by atoms with Crippen LogP contribution in [0.2, 0.25) is 0 Å². The van der Waals surface area contributed by atoms with Crippen molar-refractivity contribution < 1.29 is 49.5 Å². The number of fused-ring (bicyclic) bond motifs is 1. The Labute approximate surface area is 251 Å². The maximum absolute atomic E-state index is 13.7. The average molecular weight is 639 g/mol. The van der Waals surface area contributed by atoms with E-state index in [-0.39, 0.29) is 55.4 Å². The molecule has 0 N–H and O–H groups in total. The number of hydrogen-bond donors (Lipinski definition) is 0. The molecule has 0 aliphatic heterocycles. The number of nitrogens with zero attached hydrogens (tertiary/aromatic N) is 2. The van der Waals surface area contributed by atoms with Crippen LogP contribution in [0.15, 0.2) is 82.2 Å². The molecular formula is C31H25F7N2O5. The molecule has 4 aromatic rings. The fourth-order valence-electron chi connectivity index (χ4n) is 4.45. The van der Waals surface area contributed by atoms with Gasteiger partial charge in [-0.2, -0.15) is 26.3 Å². The standard InChI is InChI=1S/C31H25F7N2O5/c1-44-11-10-39(29(43)20-12-22(30(33,34)35)14-23(13-20)31(36,37)38)17-27(41)40(15-19-6-8-24(32)9-7-19)16-21-18-45-26-5-3-2-4-25(26)28(21)42/h2-9,12-14,18H,10-11,15-17H2,1H3. The van der Waals surface area contributed by atoms with Crippen LogP contribution in [0.1, 0.15) is 32.6 Å². The molecule has 3 aromatic carbocycles. The molecule has 7 nitrogen and oxygen atoms in total. The van der Waals surface area contributed by atoms with Gasteiger partial charge >= 0.3 is 12.4 Å². The first-order valence-electron chi connectivity index (χ1n) is 13.3. The Hall–Kier alpha value is -4.72. The van der Waals surface area contributed by atoms with Gasteiger partial charge in [0.1, 0.15) is 17.9 Å². The molecule has 0 bridgehead atoms. The lowest BCUT2D eigenvalue weighted by Gasteiger charge is -2.28. The molecule has 0 unspecified atom stereocenters. The van der Waals surface area contributed by atoms with Crippen LogP contribution in [-0.4, -0.2) is 48.4 Å². The highest BCUT2D eigenvalue weighted by Crippen LogP contribution is 2.36. The van der Waals surface area contributed by atoms with Crippen molar-refractivity contribution in [2.45, 2.75) is 25.4 Å². The predicted octanol–water partition coefficient (Wildman–Crippen LogP) is 6.29. The summed E-state index contributed by atoms with van der Waals surface area (Å²) in [6.45, 7) is -1.94. The van der Waals surface area contributed by atoms with Gasteiger partial charge in [-0.15, -0.1) is 0 Å². The number of ether oxygens (including phenoxy) is 1. The third-order valence-electron chi connectivity index (χ3n) is 6.77. The SMILES string of the molecule is COCCN(CC(=O)N(Cc1ccc(F)cc1)Cc1coc2ccccc2c1=O)C(=O)c1cc(C(F)(F)F)cc(C(F)(F)F)c1. The Balaban J connectivity index is 1.70. The summed E-state index contributed by atoms with van der Waals surface area (Å²) in [6, 6.07) is 11.8. The van der Waals surface area contributed by atoms with Crippen molar-refractivity contribution in [1.82, 2.24) is 9.80 Å². The van der Waals surface area contributed by atoms with Crippen LogP contribution in [0, 0.1) is 5.82 Å². The summed E-state index contributed by atoms with van der Waals surface area (Å²) in [6.07, 6.45) is -9.24. The van der Waals surface area contributed by atoms with Crippen molar-refractivity contribution in [3.63, 3.8) is 0 Å². The van der Waals surface area contributed by atoms with Crippen LogP contribution in [0.3, 0.4) is 0 Å². The molecule has 4 rings (SSSR count). The molecule has 45 heavy (non-hydrogen) atoms. The Morgan fingerprint density at radius 2 is 1.47 bits per heavy atom. The first-order chi connectivity index (χ1) is 21.2. The molecule has 0 fully saturated rings. The first-order valence-corrected chi connectivity index (χ1v) is 13.3. The monoisotopic (exact) mass is 638 g/mol. The topological polar surface area (TPSA) is 80.1 Å². The van der Waals surface area contributed by atoms with E-state index < -0.39 is 58.6 Å². The third-order valence-corrected chi connectivity index (χ3v) is 6.77. The summed E-state index contributed by atoms with van der Waals surface area (Å²) in [5, 5.41) is 0.228. The highest BCUT2D eigenvalue weighted by molar-refractivity contribution is 5.97. The number of carbonyl (C=O) groups excluding carboxylic acids is 2. The van der Waals surface area contributed by atoms with Gasteiger partial charge in [-0.1, -0.05) is 24.3 Å². The van der Waals surface area contributed by atoms with Crippen LogP contribution in [-0.2, 0) is 35.0 Å². The van der Waals surface area contributed by atoms with Gasteiger partial charge in [0.15, 0.2) is 5.43 Å². The van der Waals surface area contributed by atoms with Gasteiger partial charge in [0.2, 0.25) is 5.91 Å². The van der Waals surface area contributed by atoms with Crippen LogP contribution < -0.4 is 5.43 Å². The van der Waals surface area contributed by atoms with E-state index in [1.165, 1.54) is 25.3 Å². The largest absolute Gasteiger partial charge is 0.464 e. The molecule has 1 heterocycles. The van der Waals surface area contributed by atoms with Crippen molar-refractivity contribution in [3.8, 4) is 0 Å². The summed E-state index contributed by atoms with van der Waals surface area (Å²) in [5.41, 5.74) is -4.02. The Morgan fingerprint density at radius 3 is 2.07 bits per heavy atom. The van der Waals surface area contributed by atoms with Gasteiger partial charge in [-0.3, -0.25) is 14.4 Å². The zero-order valence-corrected chi connectivity index (χ0v) is 23.5. The molecule has 0 spiro atoms. The first kappa shape index (κ1) is 33.2. The van der Waals surface area contributed by atoms with Crippen molar-refractivity contribution in [1.29, 1.82) is 0 Å². The lowest BCUT2D eigenvalue weighted by atomic mass is 10.0. The van der Waals surface area contributed by atoms with E-state index in [9.17, 15) is 45.1 Å². The summed E-state index contributed by atoms with van der Waals surface area (Å²) < 4.78 is 105. The number of rotatable bonds is 10. The fourth-order valence-corrected chi connectivity index (χ4v) is 4.45. The second kappa shape index (κ2) is 13.5. The quantitative estimate of drug-likeness (QED) is 0.191. The van der Waals surface area contributed by atoms with E-state index in [0.717, 1.165) is 28.2 Å². The van der Waals surface area contributed by atoms with E-state index >= 15 is 0 Å². The van der Waals surface area contributed by atoms with Crippen molar-refractivity contribution >= 4 is 22.8 Å². The molecule has 14 heteroatoms. The van der Waals surface area contributed by atoms with Gasteiger partial charge in [0, 0.05) is 25.8 Å². The highest BCUT2D eigenvalue weighted by Gasteiger charge is 2.38. The van der Waals surface area contributed by atoms with Gasteiger partial charge in [0.25, 0.3) is 5.91 Å². The minimum atomic E-state index is -5.20. The Bertz CT molecular complexity index is 1700. The summed E-state index contributed by atoms with van der Waals surface area (Å²) >= 11 is 0. The molecule has 0 saturated carbocycles. The molecule has 0 saturated heterocycles. The van der Waals surface area contributed by atoms with E-state index in [4.69, 9.17) is 9.15 Å². The second-order valence-electron chi connectivity index (χ2n) is 9.98. The highest BCUT2D eigenvalue weighted by atomic mass is 19.4. The zero-order valence-electron chi connectivity index (χ0n) is 23.5. The summed E-state index contributed by atoms with van der Waals surface area (Å²) in [4.78, 5) is 42.1. The van der Waals surface area contributed by atoms with Crippen LogP contribution >= 0.6 is 0 Å². The summed E-state index contributed by atoms with van der Waals surface area (Å²) in [5.74, 6) is -2.66. The predicted molar refractivity (Wildman–Crippen MR) is 147 cm³/mol. The fraction of sp³-hybridized carbons (Fsp3) is 0.258. The number of carbonyl (C=O) groups is 2. The average Bonchev–Trinajstić information content (AvgIpc) is 2.99. The summed E-state index contributed by atoms with van der Waals surface area (Å²) in [7, 11) is 1.25. The Morgan fingerprint density at radius 1 is 0.844 bits per heavy atom. The Kier molecular flexibility index (Phi) is 9.96. The molecule has 1 aromatic heterocycles. The maximum Gasteiger partial charge on any atom is 0.416 e. The van der Waals surface area contributed by atoms with Gasteiger partial charge in [0.05, 0.1) is 41.5 Å². The minimum Gasteiger partial charge on any atom is -0.464 e. The molecule has 0 aliphatic rings. The van der Waals surface area contributed by atoms with E-state index in [1.807, 2.05) is 0 Å². The van der Waals surface area contributed by atoms with E-state index in [1.54, 1.807) is 18.2 Å². The molecule has 0 aliphatic carbocycles.